The Hall–Kier alpha value is -2.82. The summed E-state index contributed by atoms with van der Waals surface area (Å²) in [6, 6.07) is 16.7. The van der Waals surface area contributed by atoms with Crippen molar-refractivity contribution in [1.29, 1.82) is 0 Å². The van der Waals surface area contributed by atoms with Crippen LogP contribution in [0, 0.1) is 0 Å². The molecule has 124 valence electrons. The second-order valence-corrected chi connectivity index (χ2v) is 5.82. The van der Waals surface area contributed by atoms with E-state index in [-0.39, 0.29) is 18.4 Å². The third-order valence-corrected chi connectivity index (χ3v) is 4.11. The van der Waals surface area contributed by atoms with Crippen LogP contribution in [-0.4, -0.2) is 36.4 Å². The van der Waals surface area contributed by atoms with Gasteiger partial charge in [0.1, 0.15) is 11.8 Å². The van der Waals surface area contributed by atoms with E-state index in [1.54, 1.807) is 12.0 Å². The molecule has 5 nitrogen and oxygen atoms in total. The minimum absolute atomic E-state index is 0.0654. The molecule has 5 heteroatoms. The number of piperazine rings is 1. The highest BCUT2D eigenvalue weighted by Gasteiger charge is 2.33. The highest BCUT2D eigenvalue weighted by Crippen LogP contribution is 2.21. The lowest BCUT2D eigenvalue weighted by Gasteiger charge is -2.33. The van der Waals surface area contributed by atoms with Gasteiger partial charge in [0.15, 0.2) is 0 Å². The topological polar surface area (TPSA) is 58.6 Å². The predicted molar refractivity (Wildman–Crippen MR) is 90.5 cm³/mol. The summed E-state index contributed by atoms with van der Waals surface area (Å²) in [6.07, 6.45) is 0.417. The monoisotopic (exact) mass is 324 g/mol. The van der Waals surface area contributed by atoms with Gasteiger partial charge < -0.3 is 15.0 Å². The van der Waals surface area contributed by atoms with E-state index in [0.29, 0.717) is 13.0 Å². The maximum absolute atomic E-state index is 12.7. The Bertz CT molecular complexity index is 730. The summed E-state index contributed by atoms with van der Waals surface area (Å²) in [5.74, 6) is 0.523. The molecule has 0 spiro atoms. The van der Waals surface area contributed by atoms with Crippen LogP contribution in [0.25, 0.3) is 0 Å². The molecule has 1 saturated heterocycles. The molecule has 0 bridgehead atoms. The lowest BCUT2D eigenvalue weighted by Crippen LogP contribution is -2.58. The summed E-state index contributed by atoms with van der Waals surface area (Å²) in [5.41, 5.74) is 1.91. The van der Waals surface area contributed by atoms with Crippen molar-refractivity contribution in [3.8, 4) is 5.75 Å². The number of carbonyl (C=O) groups is 2. The number of hydrogen-bond donors (Lipinski definition) is 1. The minimum Gasteiger partial charge on any atom is -0.496 e. The number of benzene rings is 2. The second-order valence-electron chi connectivity index (χ2n) is 5.82. The number of carbonyl (C=O) groups excluding carboxylic acids is 2. The van der Waals surface area contributed by atoms with Crippen molar-refractivity contribution in [3.05, 3.63) is 65.7 Å². The molecule has 1 atom stereocenters. The second kappa shape index (κ2) is 7.17. The van der Waals surface area contributed by atoms with Gasteiger partial charge in [-0.25, -0.2) is 0 Å². The normalized spacial score (nSPS) is 17.5. The van der Waals surface area contributed by atoms with Crippen LogP contribution in [-0.2, 0) is 22.6 Å². The summed E-state index contributed by atoms with van der Waals surface area (Å²) >= 11 is 0. The summed E-state index contributed by atoms with van der Waals surface area (Å²) in [4.78, 5) is 26.4. The van der Waals surface area contributed by atoms with Crippen LogP contribution >= 0.6 is 0 Å². The van der Waals surface area contributed by atoms with Crippen molar-refractivity contribution in [2.45, 2.75) is 19.0 Å². The molecule has 0 radical (unpaired) electrons. The van der Waals surface area contributed by atoms with Crippen LogP contribution in [0.4, 0.5) is 0 Å². The van der Waals surface area contributed by atoms with E-state index < -0.39 is 6.04 Å². The standard InChI is InChI=1S/C19H20N2O3/c1-24-17-10-6-5-9-15(17)11-16-19(23)21(13-18(22)20-16)12-14-7-3-2-4-8-14/h2-10,16H,11-13H2,1H3,(H,20,22). The van der Waals surface area contributed by atoms with Gasteiger partial charge in [0.25, 0.3) is 0 Å². The van der Waals surface area contributed by atoms with Crippen molar-refractivity contribution < 1.29 is 14.3 Å². The van der Waals surface area contributed by atoms with Gasteiger partial charge in [-0.15, -0.1) is 0 Å². The Morgan fingerprint density at radius 3 is 2.54 bits per heavy atom. The first-order valence-electron chi connectivity index (χ1n) is 7.91. The molecule has 2 aromatic rings. The molecule has 0 aromatic heterocycles. The molecule has 2 aromatic carbocycles. The number of nitrogens with one attached hydrogen (secondary N) is 1. The number of ether oxygens (including phenoxy) is 1. The molecule has 24 heavy (non-hydrogen) atoms. The first-order valence-corrected chi connectivity index (χ1v) is 7.91. The zero-order valence-electron chi connectivity index (χ0n) is 13.6. The molecule has 2 amide bonds. The lowest BCUT2D eigenvalue weighted by atomic mass is 10.0. The highest BCUT2D eigenvalue weighted by atomic mass is 16.5. The fourth-order valence-electron chi connectivity index (χ4n) is 2.94. The van der Waals surface area contributed by atoms with Crippen LogP contribution in [0.5, 0.6) is 5.75 Å². The van der Waals surface area contributed by atoms with Crippen LogP contribution in [0.3, 0.4) is 0 Å². The van der Waals surface area contributed by atoms with E-state index in [1.165, 1.54) is 0 Å². The number of amides is 2. The molecule has 0 saturated carbocycles. The van der Waals surface area contributed by atoms with Crippen LogP contribution in [0.1, 0.15) is 11.1 Å². The average molecular weight is 324 g/mol. The first-order chi connectivity index (χ1) is 11.7. The minimum atomic E-state index is -0.564. The smallest absolute Gasteiger partial charge is 0.246 e. The van der Waals surface area contributed by atoms with Gasteiger partial charge >= 0.3 is 0 Å². The fourth-order valence-corrected chi connectivity index (χ4v) is 2.94. The molecular formula is C19H20N2O3. The molecule has 1 unspecified atom stereocenters. The van der Waals surface area contributed by atoms with Crippen molar-refractivity contribution in [3.63, 3.8) is 0 Å². The SMILES string of the molecule is COc1ccccc1CC1NC(=O)CN(Cc2ccccc2)C1=O. The van der Waals surface area contributed by atoms with E-state index in [4.69, 9.17) is 4.74 Å². The van der Waals surface area contributed by atoms with Crippen LogP contribution in [0.15, 0.2) is 54.6 Å². The summed E-state index contributed by atoms with van der Waals surface area (Å²) in [7, 11) is 1.60. The number of para-hydroxylation sites is 1. The molecule has 1 N–H and O–H groups in total. The van der Waals surface area contributed by atoms with E-state index in [1.807, 2.05) is 54.6 Å². The Morgan fingerprint density at radius 2 is 1.79 bits per heavy atom. The zero-order chi connectivity index (χ0) is 16.9. The number of rotatable bonds is 5. The van der Waals surface area contributed by atoms with E-state index in [2.05, 4.69) is 5.32 Å². The molecule has 1 heterocycles. The van der Waals surface area contributed by atoms with E-state index >= 15 is 0 Å². The van der Waals surface area contributed by atoms with Gasteiger partial charge in [-0.2, -0.15) is 0 Å². The maximum Gasteiger partial charge on any atom is 0.246 e. The summed E-state index contributed by atoms with van der Waals surface area (Å²) < 4.78 is 5.33. The van der Waals surface area contributed by atoms with Crippen molar-refractivity contribution in [1.82, 2.24) is 10.2 Å². The molecule has 0 aliphatic carbocycles. The van der Waals surface area contributed by atoms with Crippen molar-refractivity contribution in [2.75, 3.05) is 13.7 Å². The van der Waals surface area contributed by atoms with Crippen LogP contribution in [0.2, 0.25) is 0 Å². The quantitative estimate of drug-likeness (QED) is 0.912. The van der Waals surface area contributed by atoms with Crippen molar-refractivity contribution >= 4 is 11.8 Å². The van der Waals surface area contributed by atoms with Gasteiger partial charge in [-0.3, -0.25) is 9.59 Å². The Balaban J connectivity index is 1.76. The van der Waals surface area contributed by atoms with E-state index in [0.717, 1.165) is 16.9 Å². The maximum atomic E-state index is 12.7. The Labute approximate surface area is 141 Å². The average Bonchev–Trinajstić information content (AvgIpc) is 2.60. The number of nitrogens with zero attached hydrogens (tertiary/aromatic N) is 1. The largest absolute Gasteiger partial charge is 0.496 e. The number of methoxy groups -OCH3 is 1. The third-order valence-electron chi connectivity index (χ3n) is 4.11. The Morgan fingerprint density at radius 1 is 1.08 bits per heavy atom. The van der Waals surface area contributed by atoms with Gasteiger partial charge in [0.2, 0.25) is 11.8 Å². The van der Waals surface area contributed by atoms with Gasteiger partial charge in [0, 0.05) is 13.0 Å². The third kappa shape index (κ3) is 3.56. The zero-order valence-corrected chi connectivity index (χ0v) is 13.6. The molecule has 1 fully saturated rings. The highest BCUT2D eigenvalue weighted by molar-refractivity contribution is 5.95. The molecule has 1 aliphatic heterocycles. The molecular weight excluding hydrogens is 304 g/mol. The molecule has 3 rings (SSSR count). The van der Waals surface area contributed by atoms with E-state index in [9.17, 15) is 9.59 Å². The fraction of sp³-hybridized carbons (Fsp3) is 0.263. The Kier molecular flexibility index (Phi) is 4.79. The first kappa shape index (κ1) is 16.1. The van der Waals surface area contributed by atoms with Gasteiger partial charge in [0.05, 0.1) is 13.7 Å². The van der Waals surface area contributed by atoms with Gasteiger partial charge in [-0.1, -0.05) is 48.5 Å². The van der Waals surface area contributed by atoms with Crippen LogP contribution < -0.4 is 10.1 Å². The summed E-state index contributed by atoms with van der Waals surface area (Å²) in [6.45, 7) is 0.533. The summed E-state index contributed by atoms with van der Waals surface area (Å²) in [5, 5.41) is 2.80. The molecule has 1 aliphatic rings. The number of hydrogen-bond acceptors (Lipinski definition) is 3. The van der Waals surface area contributed by atoms with Crippen molar-refractivity contribution in [2.24, 2.45) is 0 Å². The lowest BCUT2D eigenvalue weighted by molar-refractivity contribution is -0.144. The van der Waals surface area contributed by atoms with Gasteiger partial charge in [-0.05, 0) is 17.2 Å². The predicted octanol–water partition coefficient (Wildman–Crippen LogP) is 1.76.